The summed E-state index contributed by atoms with van der Waals surface area (Å²) in [5.74, 6) is 0.703. The number of benzene rings is 2. The predicted molar refractivity (Wildman–Crippen MR) is 185 cm³/mol. The van der Waals surface area contributed by atoms with Gasteiger partial charge in [-0.15, -0.1) is 0 Å². The van der Waals surface area contributed by atoms with Crippen LogP contribution in [0.4, 0.5) is 0 Å². The average molecular weight is 688 g/mol. The third-order valence-electron chi connectivity index (χ3n) is 13.0. The zero-order valence-electron chi connectivity index (χ0n) is 28.5. The topological polar surface area (TPSA) is 122 Å². The molecule has 0 spiro atoms. The molecule has 49 heavy (non-hydrogen) atoms. The lowest BCUT2D eigenvalue weighted by molar-refractivity contribution is -0.137. The van der Waals surface area contributed by atoms with Gasteiger partial charge in [-0.2, -0.15) is 12.7 Å². The summed E-state index contributed by atoms with van der Waals surface area (Å²) >= 11 is 0. The predicted octanol–water partition coefficient (Wildman–Crippen LogP) is 3.84. The molecule has 2 amide bonds. The lowest BCUT2D eigenvalue weighted by atomic mass is 9.71. The summed E-state index contributed by atoms with van der Waals surface area (Å²) in [6, 6.07) is 11.9. The fourth-order valence-electron chi connectivity index (χ4n) is 10.2. The van der Waals surface area contributed by atoms with E-state index in [1.807, 2.05) is 18.2 Å². The van der Waals surface area contributed by atoms with Gasteiger partial charge in [0.25, 0.3) is 5.91 Å². The molecule has 3 saturated heterocycles. The van der Waals surface area contributed by atoms with Crippen molar-refractivity contribution in [2.75, 3.05) is 60.6 Å². The smallest absolute Gasteiger partial charge is 0.303 e. The number of nitrogens with zero attached hydrogens (tertiary/aromatic N) is 3. The molecule has 2 saturated carbocycles. The van der Waals surface area contributed by atoms with Gasteiger partial charge in [-0.1, -0.05) is 25.3 Å². The fourth-order valence-corrected chi connectivity index (χ4v) is 10.8. The van der Waals surface area contributed by atoms with Crippen LogP contribution in [0.3, 0.4) is 0 Å². The van der Waals surface area contributed by atoms with Crippen LogP contribution in [0.1, 0.15) is 71.8 Å². The van der Waals surface area contributed by atoms with E-state index in [4.69, 9.17) is 9.47 Å². The number of hydrogen-bond donors (Lipinski definition) is 2. The van der Waals surface area contributed by atoms with Crippen molar-refractivity contribution < 1.29 is 27.5 Å². The molecule has 2 N–H and O–H groups in total. The van der Waals surface area contributed by atoms with Crippen LogP contribution in [0.25, 0.3) is 22.2 Å². The molecule has 4 atom stereocenters. The number of methoxy groups -OCH3 is 1. The van der Waals surface area contributed by atoms with E-state index in [2.05, 4.69) is 31.6 Å². The maximum atomic E-state index is 15.1. The highest BCUT2D eigenvalue weighted by Crippen LogP contribution is 2.67. The third-order valence-corrected chi connectivity index (χ3v) is 14.4. The Labute approximate surface area is 287 Å². The molecule has 260 valence electrons. The van der Waals surface area contributed by atoms with Gasteiger partial charge in [0.2, 0.25) is 5.91 Å². The lowest BCUT2D eigenvalue weighted by Crippen LogP contribution is -2.42. The Balaban J connectivity index is 1.21. The maximum absolute atomic E-state index is 15.1. The molecule has 12 heteroatoms. The first-order valence-electron chi connectivity index (χ1n) is 17.7. The fraction of sp³-hybridized carbons (Fsp3) is 0.568. The maximum Gasteiger partial charge on any atom is 0.303 e. The third kappa shape index (κ3) is 4.46. The number of carbonyl (C=O) groups excluding carboxylic acids is 2. The van der Waals surface area contributed by atoms with Gasteiger partial charge in [0.1, 0.15) is 5.75 Å². The summed E-state index contributed by atoms with van der Waals surface area (Å²) in [5.41, 5.74) is 5.12. The number of rotatable bonds is 6. The molecule has 0 radical (unpaired) electrons. The zero-order valence-corrected chi connectivity index (χ0v) is 29.3. The summed E-state index contributed by atoms with van der Waals surface area (Å²) in [6.45, 7) is 5.03. The van der Waals surface area contributed by atoms with Crippen LogP contribution in [0.15, 0.2) is 36.4 Å². The molecule has 3 aromatic rings. The van der Waals surface area contributed by atoms with Gasteiger partial charge in [0.05, 0.1) is 31.4 Å². The van der Waals surface area contributed by atoms with Crippen molar-refractivity contribution in [2.45, 2.75) is 56.9 Å². The molecule has 4 unspecified atom stereocenters. The van der Waals surface area contributed by atoms with Gasteiger partial charge in [-0.3, -0.25) is 9.59 Å². The Morgan fingerprint density at radius 3 is 2.43 bits per heavy atom. The van der Waals surface area contributed by atoms with E-state index in [0.717, 1.165) is 83.0 Å². The molecule has 2 aliphatic carbocycles. The van der Waals surface area contributed by atoms with Gasteiger partial charge in [-0.25, -0.2) is 4.72 Å². The van der Waals surface area contributed by atoms with E-state index in [1.54, 1.807) is 13.2 Å². The number of nitrogens with one attached hydrogen (secondary N) is 2. The first-order valence-corrected chi connectivity index (χ1v) is 19.1. The van der Waals surface area contributed by atoms with Gasteiger partial charge in [-0.05, 0) is 66.6 Å². The Morgan fingerprint density at radius 2 is 1.73 bits per heavy atom. The average Bonchev–Trinajstić information content (AvgIpc) is 3.25. The van der Waals surface area contributed by atoms with Gasteiger partial charge in [0.15, 0.2) is 0 Å². The standard InChI is InChI=1S/C37H45N5O6S/c1-40(2)49(45,46)39-33(43)24-9-11-27-30(13-24)42-20-37(34(44)41-18-35-16-38-17-36(35,19-41)22-48-21-35)15-29(37)28-14-25(47-3)10-12-26(28)32(42)31(27)23-7-5-4-6-8-23/h9-14,23,29,38H,4-8,15-22H2,1-3H3,(H,39,43). The Hall–Kier alpha value is -3.45. The van der Waals surface area contributed by atoms with Crippen LogP contribution < -0.4 is 14.8 Å². The molecule has 2 aromatic carbocycles. The summed E-state index contributed by atoms with van der Waals surface area (Å²) < 4.78 is 42.5. The lowest BCUT2D eigenvalue weighted by Gasteiger charge is -2.28. The number of carbonyl (C=O) groups is 2. The Morgan fingerprint density at radius 1 is 1.00 bits per heavy atom. The van der Waals surface area contributed by atoms with Crippen molar-refractivity contribution in [2.24, 2.45) is 16.2 Å². The Kier molecular flexibility index (Phi) is 6.93. The van der Waals surface area contributed by atoms with Crippen LogP contribution in [-0.2, 0) is 26.3 Å². The first kappa shape index (κ1) is 31.5. The molecule has 9 rings (SSSR count). The number of fused-ring (bicyclic) bond motifs is 7. The van der Waals surface area contributed by atoms with E-state index in [0.29, 0.717) is 38.8 Å². The van der Waals surface area contributed by atoms with Gasteiger partial charge in [0, 0.05) is 85.6 Å². The van der Waals surface area contributed by atoms with Crippen molar-refractivity contribution in [3.05, 3.63) is 53.1 Å². The molecule has 5 heterocycles. The highest BCUT2D eigenvalue weighted by molar-refractivity contribution is 7.87. The van der Waals surface area contributed by atoms with E-state index in [-0.39, 0.29) is 28.2 Å². The van der Waals surface area contributed by atoms with E-state index < -0.39 is 21.5 Å². The van der Waals surface area contributed by atoms with Crippen molar-refractivity contribution in [1.29, 1.82) is 0 Å². The summed E-state index contributed by atoms with van der Waals surface area (Å²) in [7, 11) is 0.492. The first-order chi connectivity index (χ1) is 23.5. The highest BCUT2D eigenvalue weighted by Gasteiger charge is 2.69. The van der Waals surface area contributed by atoms with Crippen molar-refractivity contribution in [3.8, 4) is 17.0 Å². The van der Waals surface area contributed by atoms with Crippen LogP contribution in [0.2, 0.25) is 0 Å². The summed E-state index contributed by atoms with van der Waals surface area (Å²) in [5, 5.41) is 4.67. The minimum absolute atomic E-state index is 0.0375. The van der Waals surface area contributed by atoms with Crippen LogP contribution in [0, 0.1) is 16.2 Å². The van der Waals surface area contributed by atoms with Crippen molar-refractivity contribution in [3.63, 3.8) is 0 Å². The molecule has 4 aliphatic heterocycles. The van der Waals surface area contributed by atoms with E-state index in [9.17, 15) is 13.2 Å². The molecular weight excluding hydrogens is 643 g/mol. The molecule has 0 bridgehead atoms. The quantitative estimate of drug-likeness (QED) is 0.404. The number of aromatic nitrogens is 1. The van der Waals surface area contributed by atoms with E-state index in [1.165, 1.54) is 26.1 Å². The highest BCUT2D eigenvalue weighted by atomic mass is 32.2. The minimum Gasteiger partial charge on any atom is -0.497 e. The normalized spacial score (nSPS) is 30.4. The molecule has 11 nitrogen and oxygen atoms in total. The monoisotopic (exact) mass is 687 g/mol. The molecular formula is C37H45N5O6S. The Bertz CT molecular complexity index is 1990. The van der Waals surface area contributed by atoms with Crippen molar-refractivity contribution in [1.82, 2.24) is 23.8 Å². The number of hydrogen-bond acceptors (Lipinski definition) is 7. The largest absolute Gasteiger partial charge is 0.497 e. The second-order valence-corrected chi connectivity index (χ2v) is 17.7. The minimum atomic E-state index is -3.98. The second-order valence-electron chi connectivity index (χ2n) is 15.8. The zero-order chi connectivity index (χ0) is 33.9. The van der Waals surface area contributed by atoms with Crippen LogP contribution >= 0.6 is 0 Å². The number of likely N-dealkylation sites (tertiary alicyclic amines) is 1. The molecule has 5 fully saturated rings. The summed E-state index contributed by atoms with van der Waals surface area (Å²) in [4.78, 5) is 30.6. The molecule has 6 aliphatic rings. The van der Waals surface area contributed by atoms with Gasteiger partial charge < -0.3 is 24.3 Å². The summed E-state index contributed by atoms with van der Waals surface area (Å²) in [6.07, 6.45) is 6.47. The molecule has 1 aromatic heterocycles. The number of ether oxygens (including phenoxy) is 2. The van der Waals surface area contributed by atoms with E-state index >= 15 is 4.79 Å². The van der Waals surface area contributed by atoms with Crippen molar-refractivity contribution >= 4 is 32.9 Å². The van der Waals surface area contributed by atoms with Crippen LogP contribution in [0.5, 0.6) is 5.75 Å². The SMILES string of the molecule is COc1ccc2c(c1)C1CC1(C(=O)N1CC34CNCC3(COC4)C1)Cn1c-2c(C2CCCCC2)c2ccc(C(=O)NS(=O)(=O)N(C)C)cc21. The van der Waals surface area contributed by atoms with Gasteiger partial charge >= 0.3 is 10.2 Å². The second kappa shape index (κ2) is 10.8. The number of amides is 2. The van der Waals surface area contributed by atoms with Crippen LogP contribution in [-0.4, -0.2) is 94.6 Å².